The average Bonchev–Trinajstić information content (AvgIpc) is 2.74. The minimum absolute atomic E-state index is 0.00656. The lowest BCUT2D eigenvalue weighted by Crippen LogP contribution is -2.30. The zero-order chi connectivity index (χ0) is 22.9. The van der Waals surface area contributed by atoms with Crippen molar-refractivity contribution < 1.29 is 19.0 Å². The predicted octanol–water partition coefficient (Wildman–Crippen LogP) is 4.84. The van der Waals surface area contributed by atoms with Crippen molar-refractivity contribution in [1.82, 2.24) is 5.32 Å². The molecule has 0 aliphatic carbocycles. The second kappa shape index (κ2) is 11.7. The Labute approximate surface area is 191 Å². The molecule has 0 bridgehead atoms. The maximum absolute atomic E-state index is 12.2. The summed E-state index contributed by atoms with van der Waals surface area (Å²) < 4.78 is 16.7. The molecule has 0 fully saturated rings. The summed E-state index contributed by atoms with van der Waals surface area (Å²) in [4.78, 5) is 12.2. The normalized spacial score (nSPS) is 12.0. The van der Waals surface area contributed by atoms with Gasteiger partial charge in [-0.3, -0.25) is 4.79 Å². The van der Waals surface area contributed by atoms with Crippen LogP contribution in [0.15, 0.2) is 48.5 Å². The molecule has 0 aliphatic heterocycles. The third-order valence-corrected chi connectivity index (χ3v) is 5.05. The molecular formula is C25H33NO4S. The average molecular weight is 444 g/mol. The van der Waals surface area contributed by atoms with E-state index in [2.05, 4.69) is 17.4 Å². The summed E-state index contributed by atoms with van der Waals surface area (Å²) >= 11 is 5.35. The summed E-state index contributed by atoms with van der Waals surface area (Å²) in [6.07, 6.45) is 0.732. The first-order chi connectivity index (χ1) is 14.7. The largest absolute Gasteiger partial charge is 0.496 e. The van der Waals surface area contributed by atoms with Crippen molar-refractivity contribution in [2.75, 3.05) is 20.3 Å². The second-order valence-corrected chi connectivity index (χ2v) is 9.03. The van der Waals surface area contributed by atoms with Crippen molar-refractivity contribution in [3.63, 3.8) is 0 Å². The molecule has 168 valence electrons. The molecule has 0 aliphatic rings. The molecule has 0 spiro atoms. The van der Waals surface area contributed by atoms with E-state index in [1.807, 2.05) is 64.1 Å². The van der Waals surface area contributed by atoms with Crippen molar-refractivity contribution >= 4 is 23.4 Å². The number of aryl methyl sites for hydroxylation is 1. The highest BCUT2D eigenvalue weighted by atomic mass is 32.1. The van der Waals surface area contributed by atoms with Gasteiger partial charge in [-0.1, -0.05) is 42.5 Å². The molecule has 31 heavy (non-hydrogen) atoms. The summed E-state index contributed by atoms with van der Waals surface area (Å²) in [5.74, 6) is 0.613. The number of methoxy groups -OCH3 is 1. The molecule has 0 saturated heterocycles. The first kappa shape index (κ1) is 24.7. The van der Waals surface area contributed by atoms with E-state index in [1.165, 1.54) is 0 Å². The van der Waals surface area contributed by atoms with E-state index in [0.29, 0.717) is 18.3 Å². The van der Waals surface area contributed by atoms with Crippen molar-refractivity contribution in [3.05, 3.63) is 65.2 Å². The quantitative estimate of drug-likeness (QED) is 0.442. The number of benzene rings is 2. The van der Waals surface area contributed by atoms with Crippen LogP contribution in [0.3, 0.4) is 0 Å². The Morgan fingerprint density at radius 2 is 1.71 bits per heavy atom. The SMILES string of the molecule is COc1cc(CNC(=S)OCC(COC(=O)C(C)(C)C)Cc2ccccc2)ccc1C. The van der Waals surface area contributed by atoms with Gasteiger partial charge >= 0.3 is 5.97 Å². The monoisotopic (exact) mass is 443 g/mol. The van der Waals surface area contributed by atoms with Crippen LogP contribution in [0, 0.1) is 18.3 Å². The van der Waals surface area contributed by atoms with Gasteiger partial charge < -0.3 is 19.5 Å². The summed E-state index contributed by atoms with van der Waals surface area (Å²) in [6, 6.07) is 16.1. The molecule has 2 rings (SSSR count). The molecule has 0 saturated carbocycles. The predicted molar refractivity (Wildman–Crippen MR) is 127 cm³/mol. The van der Waals surface area contributed by atoms with Crippen molar-refractivity contribution in [3.8, 4) is 5.75 Å². The van der Waals surface area contributed by atoms with Gasteiger partial charge in [0.1, 0.15) is 5.75 Å². The summed E-state index contributed by atoms with van der Waals surface area (Å²) in [7, 11) is 1.66. The van der Waals surface area contributed by atoms with Gasteiger partial charge in [0.2, 0.25) is 0 Å². The van der Waals surface area contributed by atoms with E-state index in [-0.39, 0.29) is 18.5 Å². The fourth-order valence-corrected chi connectivity index (χ4v) is 3.06. The van der Waals surface area contributed by atoms with Gasteiger partial charge in [-0.05, 0) is 69.1 Å². The molecule has 6 heteroatoms. The number of esters is 1. The van der Waals surface area contributed by atoms with E-state index in [4.69, 9.17) is 26.4 Å². The maximum Gasteiger partial charge on any atom is 0.311 e. The molecule has 1 N–H and O–H groups in total. The van der Waals surface area contributed by atoms with E-state index >= 15 is 0 Å². The van der Waals surface area contributed by atoms with Gasteiger partial charge in [-0.25, -0.2) is 0 Å². The van der Waals surface area contributed by atoms with Gasteiger partial charge in [-0.15, -0.1) is 0 Å². The van der Waals surface area contributed by atoms with Crippen LogP contribution < -0.4 is 10.1 Å². The minimum atomic E-state index is -0.538. The van der Waals surface area contributed by atoms with Crippen molar-refractivity contribution in [2.45, 2.75) is 40.7 Å². The Morgan fingerprint density at radius 1 is 1.03 bits per heavy atom. The molecule has 1 unspecified atom stereocenters. The number of thiocarbonyl (C=S) groups is 1. The Bertz CT molecular complexity index is 862. The highest BCUT2D eigenvalue weighted by molar-refractivity contribution is 7.80. The van der Waals surface area contributed by atoms with Crippen LogP contribution in [0.1, 0.15) is 37.5 Å². The molecule has 2 aromatic carbocycles. The van der Waals surface area contributed by atoms with Crippen LogP contribution in [0.25, 0.3) is 0 Å². The zero-order valence-corrected chi connectivity index (χ0v) is 19.9. The molecule has 2 aromatic rings. The molecule has 1 atom stereocenters. The van der Waals surface area contributed by atoms with Crippen molar-refractivity contribution in [1.29, 1.82) is 0 Å². The van der Waals surface area contributed by atoms with Crippen LogP contribution in [-0.2, 0) is 27.2 Å². The molecular weight excluding hydrogens is 410 g/mol. The third-order valence-electron chi connectivity index (χ3n) is 4.79. The van der Waals surface area contributed by atoms with Gasteiger partial charge in [0.15, 0.2) is 0 Å². The second-order valence-electron chi connectivity index (χ2n) is 8.66. The highest BCUT2D eigenvalue weighted by Gasteiger charge is 2.24. The first-order valence-electron chi connectivity index (χ1n) is 10.4. The lowest BCUT2D eigenvalue weighted by atomic mass is 9.97. The maximum atomic E-state index is 12.2. The van der Waals surface area contributed by atoms with Crippen LogP contribution in [-0.4, -0.2) is 31.5 Å². The fraction of sp³-hybridized carbons (Fsp3) is 0.440. The lowest BCUT2D eigenvalue weighted by molar-refractivity contribution is -0.154. The Morgan fingerprint density at radius 3 is 2.35 bits per heavy atom. The van der Waals surface area contributed by atoms with Crippen molar-refractivity contribution in [2.24, 2.45) is 11.3 Å². The lowest BCUT2D eigenvalue weighted by Gasteiger charge is -2.22. The van der Waals surface area contributed by atoms with Crippen LogP contribution in [0.5, 0.6) is 5.75 Å². The number of carbonyl (C=O) groups is 1. The summed E-state index contributed by atoms with van der Waals surface area (Å²) in [5, 5.41) is 3.44. The molecule has 0 aromatic heterocycles. The Hall–Kier alpha value is -2.60. The van der Waals surface area contributed by atoms with Gasteiger partial charge in [0.05, 0.1) is 25.7 Å². The van der Waals surface area contributed by atoms with Gasteiger partial charge in [0.25, 0.3) is 5.17 Å². The minimum Gasteiger partial charge on any atom is -0.496 e. The van der Waals surface area contributed by atoms with Crippen LogP contribution in [0.4, 0.5) is 0 Å². The number of rotatable bonds is 9. The van der Waals surface area contributed by atoms with Crippen LogP contribution in [0.2, 0.25) is 0 Å². The summed E-state index contributed by atoms with van der Waals surface area (Å²) in [5.41, 5.74) is 2.75. The zero-order valence-electron chi connectivity index (χ0n) is 19.1. The summed E-state index contributed by atoms with van der Waals surface area (Å²) in [6.45, 7) is 8.71. The van der Waals surface area contributed by atoms with E-state index < -0.39 is 5.41 Å². The number of hydrogen-bond donors (Lipinski definition) is 1. The number of hydrogen-bond acceptors (Lipinski definition) is 5. The fourth-order valence-electron chi connectivity index (χ4n) is 2.92. The smallest absolute Gasteiger partial charge is 0.311 e. The Kier molecular flexibility index (Phi) is 9.31. The molecule has 0 amide bonds. The molecule has 0 radical (unpaired) electrons. The number of carbonyl (C=O) groups excluding carboxylic acids is 1. The number of nitrogens with one attached hydrogen (secondary N) is 1. The topological polar surface area (TPSA) is 56.8 Å². The van der Waals surface area contributed by atoms with E-state index in [1.54, 1.807) is 7.11 Å². The Balaban J connectivity index is 1.90. The standard InChI is InChI=1S/C25H33NO4S/c1-18-11-12-20(14-22(18)28-5)15-26-24(31)30-17-21(13-19-9-7-6-8-10-19)16-29-23(27)25(2,3)4/h6-12,14,21H,13,15-17H2,1-5H3,(H,26,31). The third kappa shape index (κ3) is 8.58. The first-order valence-corrected chi connectivity index (χ1v) is 10.8. The molecule has 0 heterocycles. The number of ether oxygens (including phenoxy) is 3. The van der Waals surface area contributed by atoms with Crippen LogP contribution >= 0.6 is 12.2 Å². The molecule has 5 nitrogen and oxygen atoms in total. The highest BCUT2D eigenvalue weighted by Crippen LogP contribution is 2.19. The van der Waals surface area contributed by atoms with Gasteiger partial charge in [-0.2, -0.15) is 0 Å². The van der Waals surface area contributed by atoms with E-state index in [0.717, 1.165) is 28.9 Å². The van der Waals surface area contributed by atoms with Gasteiger partial charge in [0, 0.05) is 12.5 Å². The van der Waals surface area contributed by atoms with E-state index in [9.17, 15) is 4.79 Å².